The molecule has 1 atom stereocenters. The maximum Gasteiger partial charge on any atom is 0.00924 e. The average Bonchev–Trinajstić information content (AvgIpc) is 2.86. The summed E-state index contributed by atoms with van der Waals surface area (Å²) in [5, 5.41) is 0. The van der Waals surface area contributed by atoms with E-state index in [1.807, 2.05) is 11.8 Å². The number of hydrogen-bond acceptors (Lipinski definition) is 2. The van der Waals surface area contributed by atoms with Gasteiger partial charge in [-0.05, 0) is 38.5 Å². The molecular weight excluding hydrogens is 166 g/mol. The van der Waals surface area contributed by atoms with E-state index in [0.29, 0.717) is 0 Å². The molecule has 1 aliphatic carbocycles. The van der Waals surface area contributed by atoms with Gasteiger partial charge in [0.25, 0.3) is 0 Å². The normalized spacial score (nSPS) is 20.0. The fourth-order valence-electron chi connectivity index (χ4n) is 1.50. The Morgan fingerprint density at radius 2 is 2.17 bits per heavy atom. The van der Waals surface area contributed by atoms with Crippen molar-refractivity contribution in [2.24, 2.45) is 5.92 Å². The molecule has 72 valence electrons. The predicted molar refractivity (Wildman–Crippen MR) is 57.8 cm³/mol. The largest absolute Gasteiger partial charge is 0.303 e. The molecule has 0 aromatic rings. The van der Waals surface area contributed by atoms with Crippen LogP contribution < -0.4 is 0 Å². The number of nitrogens with zero attached hydrogens (tertiary/aromatic N) is 1. The zero-order chi connectivity index (χ0) is 8.97. The van der Waals surface area contributed by atoms with Crippen LogP contribution in [-0.4, -0.2) is 36.0 Å². The van der Waals surface area contributed by atoms with Crippen LogP contribution in [0.5, 0.6) is 0 Å². The van der Waals surface area contributed by atoms with Crippen LogP contribution in [0, 0.1) is 5.92 Å². The smallest absolute Gasteiger partial charge is 0.00924 e. The van der Waals surface area contributed by atoms with E-state index >= 15 is 0 Å². The second kappa shape index (κ2) is 5.13. The van der Waals surface area contributed by atoms with Crippen molar-refractivity contribution < 1.29 is 0 Å². The Hall–Kier alpha value is 0.310. The molecule has 0 aromatic carbocycles. The first-order valence-electron chi connectivity index (χ1n) is 5.03. The summed E-state index contributed by atoms with van der Waals surface area (Å²) < 4.78 is 0. The van der Waals surface area contributed by atoms with Crippen molar-refractivity contribution in [2.75, 3.05) is 25.1 Å². The Bertz CT molecular complexity index is 123. The van der Waals surface area contributed by atoms with Gasteiger partial charge in [0.1, 0.15) is 0 Å². The summed E-state index contributed by atoms with van der Waals surface area (Å²) in [6.07, 6.45) is 2.93. The van der Waals surface area contributed by atoms with E-state index in [9.17, 15) is 0 Å². The lowest BCUT2D eigenvalue weighted by Crippen LogP contribution is -2.32. The van der Waals surface area contributed by atoms with Crippen LogP contribution in [0.3, 0.4) is 0 Å². The summed E-state index contributed by atoms with van der Waals surface area (Å²) in [6.45, 7) is 5.86. The monoisotopic (exact) mass is 187 g/mol. The number of thioether (sulfide) groups is 1. The Balaban J connectivity index is 2.04. The number of rotatable bonds is 6. The van der Waals surface area contributed by atoms with Gasteiger partial charge in [0.2, 0.25) is 0 Å². The molecule has 0 N–H and O–H groups in total. The zero-order valence-corrected chi connectivity index (χ0v) is 9.36. The third kappa shape index (κ3) is 3.36. The predicted octanol–water partition coefficient (Wildman–Crippen LogP) is 2.47. The van der Waals surface area contributed by atoms with E-state index in [4.69, 9.17) is 0 Å². The third-order valence-corrected chi connectivity index (χ3v) is 3.67. The second-order valence-electron chi connectivity index (χ2n) is 3.76. The highest BCUT2D eigenvalue weighted by molar-refractivity contribution is 7.99. The van der Waals surface area contributed by atoms with Crippen LogP contribution in [0.15, 0.2) is 0 Å². The van der Waals surface area contributed by atoms with Crippen molar-refractivity contribution >= 4 is 11.8 Å². The summed E-state index contributed by atoms with van der Waals surface area (Å²) >= 11 is 2.04. The maximum atomic E-state index is 2.51. The first kappa shape index (κ1) is 10.4. The Morgan fingerprint density at radius 1 is 1.50 bits per heavy atom. The van der Waals surface area contributed by atoms with Gasteiger partial charge in [-0.2, -0.15) is 11.8 Å². The molecule has 1 aliphatic rings. The van der Waals surface area contributed by atoms with Gasteiger partial charge in [-0.25, -0.2) is 0 Å². The van der Waals surface area contributed by atoms with Crippen molar-refractivity contribution in [1.82, 2.24) is 4.90 Å². The lowest BCUT2D eigenvalue weighted by atomic mass is 10.2. The fourth-order valence-corrected chi connectivity index (χ4v) is 2.20. The number of hydrogen-bond donors (Lipinski definition) is 0. The second-order valence-corrected chi connectivity index (χ2v) is 5.15. The van der Waals surface area contributed by atoms with Crippen LogP contribution in [0.25, 0.3) is 0 Å². The molecule has 0 radical (unpaired) electrons. The van der Waals surface area contributed by atoms with Gasteiger partial charge in [0.05, 0.1) is 0 Å². The van der Waals surface area contributed by atoms with Gasteiger partial charge in [0, 0.05) is 18.3 Å². The molecule has 1 fully saturated rings. The molecule has 0 saturated heterocycles. The Labute approximate surface area is 80.9 Å². The Morgan fingerprint density at radius 3 is 2.67 bits per heavy atom. The lowest BCUT2D eigenvalue weighted by molar-refractivity contribution is 0.248. The zero-order valence-electron chi connectivity index (χ0n) is 8.55. The maximum absolute atomic E-state index is 2.51. The molecule has 0 heterocycles. The standard InChI is InChI=1S/C10H21NS/c1-4-12-8-7-11(3)9(2)10-5-6-10/h9-10H,4-8H2,1-3H3/t9-/m1/s1. The summed E-state index contributed by atoms with van der Waals surface area (Å²) in [7, 11) is 2.26. The van der Waals surface area contributed by atoms with E-state index < -0.39 is 0 Å². The third-order valence-electron chi connectivity index (χ3n) is 2.79. The minimum absolute atomic E-state index is 0.822. The molecule has 1 saturated carbocycles. The SMILES string of the molecule is CCSCCN(C)[C@H](C)C1CC1. The quantitative estimate of drug-likeness (QED) is 0.588. The van der Waals surface area contributed by atoms with Crippen LogP contribution in [0.4, 0.5) is 0 Å². The Kier molecular flexibility index (Phi) is 4.44. The lowest BCUT2D eigenvalue weighted by Gasteiger charge is -2.24. The topological polar surface area (TPSA) is 3.24 Å². The molecule has 0 amide bonds. The molecule has 1 rings (SSSR count). The molecular formula is C10H21NS. The fraction of sp³-hybridized carbons (Fsp3) is 1.00. The van der Waals surface area contributed by atoms with Gasteiger partial charge in [-0.3, -0.25) is 0 Å². The highest BCUT2D eigenvalue weighted by Gasteiger charge is 2.29. The summed E-state index contributed by atoms with van der Waals surface area (Å²) in [4.78, 5) is 2.51. The van der Waals surface area contributed by atoms with Gasteiger partial charge in [-0.1, -0.05) is 6.92 Å². The van der Waals surface area contributed by atoms with Crippen LogP contribution in [0.2, 0.25) is 0 Å². The van der Waals surface area contributed by atoms with Gasteiger partial charge in [-0.15, -0.1) is 0 Å². The van der Waals surface area contributed by atoms with Crippen LogP contribution in [0.1, 0.15) is 26.7 Å². The van der Waals surface area contributed by atoms with Crippen molar-refractivity contribution in [3.63, 3.8) is 0 Å². The summed E-state index contributed by atoms with van der Waals surface area (Å²) in [5.74, 6) is 3.57. The van der Waals surface area contributed by atoms with Gasteiger partial charge >= 0.3 is 0 Å². The van der Waals surface area contributed by atoms with E-state index in [1.165, 1.54) is 30.9 Å². The van der Waals surface area contributed by atoms with E-state index in [0.717, 1.165) is 12.0 Å². The van der Waals surface area contributed by atoms with E-state index in [1.54, 1.807) is 0 Å². The highest BCUT2D eigenvalue weighted by Crippen LogP contribution is 2.34. The summed E-state index contributed by atoms with van der Waals surface area (Å²) in [6, 6.07) is 0.822. The van der Waals surface area contributed by atoms with Gasteiger partial charge in [0.15, 0.2) is 0 Å². The molecule has 1 nitrogen and oxygen atoms in total. The highest BCUT2D eigenvalue weighted by atomic mass is 32.2. The molecule has 0 aromatic heterocycles. The van der Waals surface area contributed by atoms with Crippen LogP contribution in [-0.2, 0) is 0 Å². The average molecular weight is 187 g/mol. The molecule has 0 aliphatic heterocycles. The first-order chi connectivity index (χ1) is 5.75. The van der Waals surface area contributed by atoms with Crippen molar-refractivity contribution in [1.29, 1.82) is 0 Å². The van der Waals surface area contributed by atoms with Crippen molar-refractivity contribution in [3.05, 3.63) is 0 Å². The molecule has 0 spiro atoms. The van der Waals surface area contributed by atoms with E-state index in [2.05, 4.69) is 25.8 Å². The first-order valence-corrected chi connectivity index (χ1v) is 6.19. The molecule has 0 unspecified atom stereocenters. The van der Waals surface area contributed by atoms with Crippen molar-refractivity contribution in [3.8, 4) is 0 Å². The summed E-state index contributed by atoms with van der Waals surface area (Å²) in [5.41, 5.74) is 0. The van der Waals surface area contributed by atoms with Crippen molar-refractivity contribution in [2.45, 2.75) is 32.7 Å². The van der Waals surface area contributed by atoms with Crippen LogP contribution >= 0.6 is 11.8 Å². The minimum atomic E-state index is 0.822. The molecule has 12 heavy (non-hydrogen) atoms. The van der Waals surface area contributed by atoms with E-state index in [-0.39, 0.29) is 0 Å². The minimum Gasteiger partial charge on any atom is -0.303 e. The van der Waals surface area contributed by atoms with Gasteiger partial charge < -0.3 is 4.90 Å². The molecule has 2 heteroatoms. The molecule has 0 bridgehead atoms.